The Morgan fingerprint density at radius 2 is 1.61 bits per heavy atom. The molecule has 0 unspecified atom stereocenters. The summed E-state index contributed by atoms with van der Waals surface area (Å²) in [5, 5.41) is 4.21. The van der Waals surface area contributed by atoms with E-state index in [1.165, 1.54) is 16.7 Å². The highest BCUT2D eigenvalue weighted by Crippen LogP contribution is 2.17. The lowest BCUT2D eigenvalue weighted by molar-refractivity contribution is 0.693. The molecule has 0 saturated carbocycles. The molecule has 18 heavy (non-hydrogen) atoms. The van der Waals surface area contributed by atoms with Gasteiger partial charge in [-0.25, -0.2) is 0 Å². The van der Waals surface area contributed by atoms with Gasteiger partial charge in [0.15, 0.2) is 0 Å². The Morgan fingerprint density at radius 1 is 1.00 bits per heavy atom. The molecule has 0 aliphatic heterocycles. The van der Waals surface area contributed by atoms with Gasteiger partial charge in [0.2, 0.25) is 0 Å². The second-order valence-electron chi connectivity index (χ2n) is 4.31. The number of halogens is 2. The SMILES string of the molecule is Cc1cc(CNCc2ccc(Cl)cc2)ccc1Br. The molecule has 2 rings (SSSR count). The van der Waals surface area contributed by atoms with Crippen molar-refractivity contribution in [3.63, 3.8) is 0 Å². The molecule has 0 spiro atoms. The minimum atomic E-state index is 0.780. The highest BCUT2D eigenvalue weighted by atomic mass is 79.9. The summed E-state index contributed by atoms with van der Waals surface area (Å²) < 4.78 is 1.16. The van der Waals surface area contributed by atoms with E-state index in [0.29, 0.717) is 0 Å². The van der Waals surface area contributed by atoms with E-state index >= 15 is 0 Å². The number of nitrogens with one attached hydrogen (secondary N) is 1. The van der Waals surface area contributed by atoms with Crippen LogP contribution in [0.15, 0.2) is 46.9 Å². The van der Waals surface area contributed by atoms with Gasteiger partial charge in [-0.3, -0.25) is 0 Å². The molecule has 2 aromatic rings. The first-order valence-corrected chi connectivity index (χ1v) is 7.02. The Balaban J connectivity index is 1.88. The van der Waals surface area contributed by atoms with Gasteiger partial charge in [0.1, 0.15) is 0 Å². The van der Waals surface area contributed by atoms with Crippen LogP contribution in [-0.4, -0.2) is 0 Å². The van der Waals surface area contributed by atoms with Crippen LogP contribution in [0.25, 0.3) is 0 Å². The normalized spacial score (nSPS) is 10.6. The molecule has 0 aliphatic carbocycles. The molecule has 94 valence electrons. The average molecular weight is 325 g/mol. The van der Waals surface area contributed by atoms with Crippen LogP contribution in [0.5, 0.6) is 0 Å². The van der Waals surface area contributed by atoms with Gasteiger partial charge in [-0.05, 0) is 41.8 Å². The smallest absolute Gasteiger partial charge is 0.0406 e. The molecule has 0 bridgehead atoms. The first kappa shape index (κ1) is 13.6. The number of hydrogen-bond acceptors (Lipinski definition) is 1. The van der Waals surface area contributed by atoms with Crippen LogP contribution in [0.2, 0.25) is 5.02 Å². The summed E-state index contributed by atoms with van der Waals surface area (Å²) >= 11 is 9.36. The standard InChI is InChI=1S/C15H15BrClN/c1-11-8-13(4-7-15(11)16)10-18-9-12-2-5-14(17)6-3-12/h2-8,18H,9-10H2,1H3. The van der Waals surface area contributed by atoms with Crippen molar-refractivity contribution in [2.45, 2.75) is 20.0 Å². The number of hydrogen-bond donors (Lipinski definition) is 1. The molecule has 0 radical (unpaired) electrons. The third-order valence-corrected chi connectivity index (χ3v) is 3.94. The Hall–Kier alpha value is -0.830. The monoisotopic (exact) mass is 323 g/mol. The van der Waals surface area contributed by atoms with Crippen LogP contribution in [0.1, 0.15) is 16.7 Å². The van der Waals surface area contributed by atoms with Gasteiger partial charge in [0.25, 0.3) is 0 Å². The quantitative estimate of drug-likeness (QED) is 0.859. The summed E-state index contributed by atoms with van der Waals surface area (Å²) in [7, 11) is 0. The maximum Gasteiger partial charge on any atom is 0.0406 e. The fourth-order valence-corrected chi connectivity index (χ4v) is 2.14. The van der Waals surface area contributed by atoms with Gasteiger partial charge in [-0.2, -0.15) is 0 Å². The van der Waals surface area contributed by atoms with Gasteiger partial charge in [0, 0.05) is 22.6 Å². The van der Waals surface area contributed by atoms with E-state index in [9.17, 15) is 0 Å². The molecule has 0 aliphatic rings. The van der Waals surface area contributed by atoms with E-state index in [1.54, 1.807) is 0 Å². The zero-order valence-corrected chi connectivity index (χ0v) is 12.6. The summed E-state index contributed by atoms with van der Waals surface area (Å²) in [6.07, 6.45) is 0. The lowest BCUT2D eigenvalue weighted by atomic mass is 10.1. The van der Waals surface area contributed by atoms with E-state index in [0.717, 1.165) is 22.6 Å². The second-order valence-corrected chi connectivity index (χ2v) is 5.60. The van der Waals surface area contributed by atoms with Crippen molar-refractivity contribution >= 4 is 27.5 Å². The molecular formula is C15H15BrClN. The Bertz CT molecular complexity index is 523. The first-order chi connectivity index (χ1) is 8.65. The van der Waals surface area contributed by atoms with E-state index in [-0.39, 0.29) is 0 Å². The van der Waals surface area contributed by atoms with E-state index < -0.39 is 0 Å². The summed E-state index contributed by atoms with van der Waals surface area (Å²) in [6, 6.07) is 14.3. The molecule has 1 nitrogen and oxygen atoms in total. The molecule has 3 heteroatoms. The molecule has 0 fully saturated rings. The lowest BCUT2D eigenvalue weighted by Gasteiger charge is -2.07. The largest absolute Gasteiger partial charge is 0.309 e. The van der Waals surface area contributed by atoms with Crippen LogP contribution in [0.3, 0.4) is 0 Å². The van der Waals surface area contributed by atoms with Crippen LogP contribution >= 0.6 is 27.5 Å². The molecule has 0 aromatic heterocycles. The Morgan fingerprint density at radius 3 is 2.28 bits per heavy atom. The van der Waals surface area contributed by atoms with E-state index in [4.69, 9.17) is 11.6 Å². The van der Waals surface area contributed by atoms with Gasteiger partial charge in [-0.15, -0.1) is 0 Å². The fourth-order valence-electron chi connectivity index (χ4n) is 1.77. The third-order valence-electron chi connectivity index (χ3n) is 2.79. The summed E-state index contributed by atoms with van der Waals surface area (Å²) in [5.41, 5.74) is 3.80. The summed E-state index contributed by atoms with van der Waals surface area (Å²) in [5.74, 6) is 0. The number of benzene rings is 2. The average Bonchev–Trinajstić information content (AvgIpc) is 2.36. The van der Waals surface area contributed by atoms with Crippen LogP contribution in [-0.2, 0) is 13.1 Å². The molecule has 0 saturated heterocycles. The predicted molar refractivity (Wildman–Crippen MR) is 80.9 cm³/mol. The zero-order chi connectivity index (χ0) is 13.0. The van der Waals surface area contributed by atoms with Crippen LogP contribution in [0.4, 0.5) is 0 Å². The Kier molecular flexibility index (Phi) is 4.81. The van der Waals surface area contributed by atoms with Gasteiger partial charge < -0.3 is 5.32 Å². The predicted octanol–water partition coefficient (Wildman–Crippen LogP) is 4.70. The summed E-state index contributed by atoms with van der Waals surface area (Å²) in [6.45, 7) is 3.83. The molecular weight excluding hydrogens is 310 g/mol. The molecule has 1 N–H and O–H groups in total. The van der Waals surface area contributed by atoms with Crippen LogP contribution < -0.4 is 5.32 Å². The lowest BCUT2D eigenvalue weighted by Crippen LogP contribution is -2.12. The minimum Gasteiger partial charge on any atom is -0.309 e. The van der Waals surface area contributed by atoms with E-state index in [2.05, 4.69) is 46.4 Å². The van der Waals surface area contributed by atoms with Crippen molar-refractivity contribution in [3.8, 4) is 0 Å². The van der Waals surface area contributed by atoms with Gasteiger partial charge >= 0.3 is 0 Å². The molecule has 0 amide bonds. The first-order valence-electron chi connectivity index (χ1n) is 5.85. The maximum atomic E-state index is 5.85. The van der Waals surface area contributed by atoms with Crippen molar-refractivity contribution in [1.82, 2.24) is 5.32 Å². The molecule has 0 heterocycles. The van der Waals surface area contributed by atoms with Gasteiger partial charge in [0.05, 0.1) is 0 Å². The maximum absolute atomic E-state index is 5.85. The topological polar surface area (TPSA) is 12.0 Å². The second kappa shape index (κ2) is 6.37. The van der Waals surface area contributed by atoms with Crippen molar-refractivity contribution in [2.75, 3.05) is 0 Å². The van der Waals surface area contributed by atoms with Crippen molar-refractivity contribution in [2.24, 2.45) is 0 Å². The van der Waals surface area contributed by atoms with Gasteiger partial charge in [-0.1, -0.05) is 51.8 Å². The number of aryl methyl sites for hydroxylation is 1. The zero-order valence-electron chi connectivity index (χ0n) is 10.2. The van der Waals surface area contributed by atoms with E-state index in [1.807, 2.05) is 24.3 Å². The molecule has 2 aromatic carbocycles. The highest BCUT2D eigenvalue weighted by Gasteiger charge is 1.98. The summed E-state index contributed by atoms with van der Waals surface area (Å²) in [4.78, 5) is 0. The third kappa shape index (κ3) is 3.84. The molecule has 0 atom stereocenters. The van der Waals surface area contributed by atoms with Crippen LogP contribution in [0, 0.1) is 6.92 Å². The minimum absolute atomic E-state index is 0.780. The van der Waals surface area contributed by atoms with Crippen molar-refractivity contribution < 1.29 is 0 Å². The van der Waals surface area contributed by atoms with Crippen molar-refractivity contribution in [1.29, 1.82) is 0 Å². The highest BCUT2D eigenvalue weighted by molar-refractivity contribution is 9.10. The fraction of sp³-hybridized carbons (Fsp3) is 0.200. The Labute approximate surface area is 121 Å². The number of rotatable bonds is 4. The van der Waals surface area contributed by atoms with Crippen molar-refractivity contribution in [3.05, 3.63) is 68.7 Å².